The number of ether oxygens (including phenoxy) is 1. The summed E-state index contributed by atoms with van der Waals surface area (Å²) in [6, 6.07) is 15.2. The van der Waals surface area contributed by atoms with Crippen molar-refractivity contribution in [2.45, 2.75) is 26.0 Å². The molecule has 2 aromatic carbocycles. The monoisotopic (exact) mass is 257 g/mol. The van der Waals surface area contributed by atoms with Crippen molar-refractivity contribution >= 4 is 0 Å². The van der Waals surface area contributed by atoms with Gasteiger partial charge in [0.25, 0.3) is 0 Å². The van der Waals surface area contributed by atoms with Gasteiger partial charge in [0.05, 0.1) is 6.61 Å². The molecular formula is C16H19NO2. The Morgan fingerprint density at radius 1 is 1.11 bits per heavy atom. The maximum atomic E-state index is 9.01. The first kappa shape index (κ1) is 13.6. The highest BCUT2D eigenvalue weighted by atomic mass is 16.5. The Balaban J connectivity index is 2.22. The summed E-state index contributed by atoms with van der Waals surface area (Å²) in [7, 11) is 0. The summed E-state index contributed by atoms with van der Waals surface area (Å²) >= 11 is 0. The van der Waals surface area contributed by atoms with Crippen LogP contribution in [0.15, 0.2) is 48.5 Å². The number of nitrogens with two attached hydrogens (primary N) is 1. The lowest BCUT2D eigenvalue weighted by Gasteiger charge is -2.15. The lowest BCUT2D eigenvalue weighted by atomic mass is 10.0. The van der Waals surface area contributed by atoms with Gasteiger partial charge in [-0.2, -0.15) is 0 Å². The van der Waals surface area contributed by atoms with Gasteiger partial charge in [-0.15, -0.1) is 0 Å². The van der Waals surface area contributed by atoms with Gasteiger partial charge >= 0.3 is 0 Å². The van der Waals surface area contributed by atoms with Crippen molar-refractivity contribution in [2.24, 2.45) is 5.73 Å². The molecule has 0 aromatic heterocycles. The fourth-order valence-corrected chi connectivity index (χ4v) is 1.89. The number of rotatable bonds is 5. The Morgan fingerprint density at radius 2 is 1.79 bits per heavy atom. The molecule has 3 heteroatoms. The summed E-state index contributed by atoms with van der Waals surface area (Å²) in [5.74, 6) is 1.53. The van der Waals surface area contributed by atoms with Gasteiger partial charge in [0.2, 0.25) is 0 Å². The zero-order valence-electron chi connectivity index (χ0n) is 11.0. The fourth-order valence-electron chi connectivity index (χ4n) is 1.89. The van der Waals surface area contributed by atoms with Crippen LogP contribution in [0.3, 0.4) is 0 Å². The highest BCUT2D eigenvalue weighted by Gasteiger charge is 2.10. The number of hydrogen-bond donors (Lipinski definition) is 2. The molecule has 19 heavy (non-hydrogen) atoms. The van der Waals surface area contributed by atoms with E-state index < -0.39 is 0 Å². The Labute approximate surface area is 113 Å². The molecule has 0 spiro atoms. The molecule has 3 N–H and O–H groups in total. The SMILES string of the molecule is CC[C@H](N)c1ccccc1Oc1ccc(CO)cc1. The van der Waals surface area contributed by atoms with Gasteiger partial charge in [-0.1, -0.05) is 37.3 Å². The average Bonchev–Trinajstić information content (AvgIpc) is 2.48. The first-order valence-electron chi connectivity index (χ1n) is 6.46. The Bertz CT molecular complexity index is 523. The van der Waals surface area contributed by atoms with Gasteiger partial charge in [-0.3, -0.25) is 0 Å². The zero-order chi connectivity index (χ0) is 13.7. The van der Waals surface area contributed by atoms with E-state index in [9.17, 15) is 0 Å². The molecule has 2 rings (SSSR count). The van der Waals surface area contributed by atoms with E-state index in [0.29, 0.717) is 0 Å². The second-order valence-corrected chi connectivity index (χ2v) is 4.46. The molecule has 0 aliphatic rings. The van der Waals surface area contributed by atoms with Crippen LogP contribution in [0.4, 0.5) is 0 Å². The summed E-state index contributed by atoms with van der Waals surface area (Å²) in [6.07, 6.45) is 0.865. The van der Waals surface area contributed by atoms with E-state index in [4.69, 9.17) is 15.6 Å². The smallest absolute Gasteiger partial charge is 0.132 e. The Kier molecular flexibility index (Phi) is 4.55. The maximum absolute atomic E-state index is 9.01. The molecule has 0 heterocycles. The number of aliphatic hydroxyl groups is 1. The number of para-hydroxylation sites is 1. The Hall–Kier alpha value is -1.84. The summed E-state index contributed by atoms with van der Waals surface area (Å²) in [5, 5.41) is 9.01. The molecule has 0 amide bonds. The maximum Gasteiger partial charge on any atom is 0.132 e. The van der Waals surface area contributed by atoms with Crippen molar-refractivity contribution in [3.05, 3.63) is 59.7 Å². The summed E-state index contributed by atoms with van der Waals surface area (Å²) in [4.78, 5) is 0. The quantitative estimate of drug-likeness (QED) is 0.863. The summed E-state index contributed by atoms with van der Waals surface area (Å²) < 4.78 is 5.87. The van der Waals surface area contributed by atoms with E-state index in [-0.39, 0.29) is 12.6 Å². The lowest BCUT2D eigenvalue weighted by Crippen LogP contribution is -2.09. The first-order valence-corrected chi connectivity index (χ1v) is 6.46. The van der Waals surface area contributed by atoms with Crippen LogP contribution < -0.4 is 10.5 Å². The van der Waals surface area contributed by atoms with Crippen LogP contribution in [-0.4, -0.2) is 5.11 Å². The minimum Gasteiger partial charge on any atom is -0.457 e. The van der Waals surface area contributed by atoms with E-state index in [2.05, 4.69) is 6.92 Å². The zero-order valence-corrected chi connectivity index (χ0v) is 11.0. The molecule has 3 nitrogen and oxygen atoms in total. The fraction of sp³-hybridized carbons (Fsp3) is 0.250. The highest BCUT2D eigenvalue weighted by molar-refractivity contribution is 5.40. The predicted molar refractivity (Wildman–Crippen MR) is 76.1 cm³/mol. The molecule has 0 fully saturated rings. The summed E-state index contributed by atoms with van der Waals surface area (Å²) in [6.45, 7) is 2.09. The molecular weight excluding hydrogens is 238 g/mol. The van der Waals surface area contributed by atoms with Crippen molar-refractivity contribution in [3.63, 3.8) is 0 Å². The van der Waals surface area contributed by atoms with Crippen LogP contribution in [0.5, 0.6) is 11.5 Å². The van der Waals surface area contributed by atoms with E-state index >= 15 is 0 Å². The Morgan fingerprint density at radius 3 is 2.42 bits per heavy atom. The first-order chi connectivity index (χ1) is 9.24. The molecule has 100 valence electrons. The minimum atomic E-state index is -0.0204. The van der Waals surface area contributed by atoms with E-state index in [1.54, 1.807) is 0 Å². The molecule has 1 atom stereocenters. The molecule has 0 unspecified atom stereocenters. The molecule has 0 aliphatic heterocycles. The predicted octanol–water partition coefficient (Wildman–Crippen LogP) is 3.38. The van der Waals surface area contributed by atoms with Crippen LogP contribution in [0.2, 0.25) is 0 Å². The third-order valence-electron chi connectivity index (χ3n) is 3.09. The standard InChI is InChI=1S/C16H19NO2/c1-2-15(17)14-5-3-4-6-16(14)19-13-9-7-12(11-18)8-10-13/h3-10,15,18H,2,11,17H2,1H3/t15-/m0/s1. The topological polar surface area (TPSA) is 55.5 Å². The minimum absolute atomic E-state index is 0.0204. The highest BCUT2D eigenvalue weighted by Crippen LogP contribution is 2.29. The molecule has 0 bridgehead atoms. The molecule has 0 saturated carbocycles. The van der Waals surface area contributed by atoms with Crippen LogP contribution in [0.25, 0.3) is 0 Å². The van der Waals surface area contributed by atoms with Gasteiger partial charge in [-0.25, -0.2) is 0 Å². The molecule has 0 radical (unpaired) electrons. The van der Waals surface area contributed by atoms with Crippen LogP contribution in [-0.2, 0) is 6.61 Å². The van der Waals surface area contributed by atoms with Crippen molar-refractivity contribution in [1.29, 1.82) is 0 Å². The number of aliphatic hydroxyl groups excluding tert-OH is 1. The van der Waals surface area contributed by atoms with Gasteiger partial charge in [0, 0.05) is 11.6 Å². The van der Waals surface area contributed by atoms with Gasteiger partial charge in [-0.05, 0) is 30.2 Å². The largest absolute Gasteiger partial charge is 0.457 e. The third kappa shape index (κ3) is 3.34. The van der Waals surface area contributed by atoms with Crippen molar-refractivity contribution in [2.75, 3.05) is 0 Å². The van der Waals surface area contributed by atoms with Crippen molar-refractivity contribution in [1.82, 2.24) is 0 Å². The number of hydrogen-bond acceptors (Lipinski definition) is 3. The molecule has 0 aliphatic carbocycles. The average molecular weight is 257 g/mol. The van der Waals surface area contributed by atoms with Crippen LogP contribution >= 0.6 is 0 Å². The van der Waals surface area contributed by atoms with E-state index in [0.717, 1.165) is 29.0 Å². The van der Waals surface area contributed by atoms with Gasteiger partial charge < -0.3 is 15.6 Å². The number of benzene rings is 2. The van der Waals surface area contributed by atoms with Gasteiger partial charge in [0.1, 0.15) is 11.5 Å². The molecule has 2 aromatic rings. The second-order valence-electron chi connectivity index (χ2n) is 4.46. The third-order valence-corrected chi connectivity index (χ3v) is 3.09. The van der Waals surface area contributed by atoms with Crippen molar-refractivity contribution < 1.29 is 9.84 Å². The van der Waals surface area contributed by atoms with Crippen LogP contribution in [0.1, 0.15) is 30.5 Å². The van der Waals surface area contributed by atoms with Crippen molar-refractivity contribution in [3.8, 4) is 11.5 Å². The normalized spacial score (nSPS) is 12.2. The summed E-state index contributed by atoms with van der Waals surface area (Å²) in [5.41, 5.74) is 7.96. The van der Waals surface area contributed by atoms with Gasteiger partial charge in [0.15, 0.2) is 0 Å². The lowest BCUT2D eigenvalue weighted by molar-refractivity contribution is 0.281. The molecule has 0 saturated heterocycles. The second kappa shape index (κ2) is 6.36. The van der Waals surface area contributed by atoms with Crippen LogP contribution in [0, 0.1) is 0 Å². The van der Waals surface area contributed by atoms with E-state index in [1.165, 1.54) is 0 Å². The van der Waals surface area contributed by atoms with E-state index in [1.807, 2.05) is 48.5 Å².